The molecule has 0 amide bonds. The van der Waals surface area contributed by atoms with Gasteiger partial charge >= 0.3 is 0 Å². The lowest BCUT2D eigenvalue weighted by molar-refractivity contribution is 0.197. The van der Waals surface area contributed by atoms with E-state index in [0.29, 0.717) is 6.04 Å². The highest BCUT2D eigenvalue weighted by Crippen LogP contribution is 2.33. The Labute approximate surface area is 135 Å². The van der Waals surface area contributed by atoms with Crippen LogP contribution in [0.2, 0.25) is 0 Å². The summed E-state index contributed by atoms with van der Waals surface area (Å²) < 4.78 is 2.43. The summed E-state index contributed by atoms with van der Waals surface area (Å²) in [6, 6.07) is 0.547. The molecule has 0 bridgehead atoms. The van der Waals surface area contributed by atoms with E-state index in [1.807, 2.05) is 0 Å². The zero-order chi connectivity index (χ0) is 15.5. The normalized spacial score (nSPS) is 22.5. The van der Waals surface area contributed by atoms with E-state index in [1.165, 1.54) is 75.4 Å². The second-order valence-electron chi connectivity index (χ2n) is 6.85. The zero-order valence-electron chi connectivity index (χ0n) is 14.6. The fourth-order valence-corrected chi connectivity index (χ4v) is 4.20. The van der Waals surface area contributed by atoms with Crippen LogP contribution >= 0.6 is 0 Å². The number of likely N-dealkylation sites (tertiary alicyclic amines) is 1. The minimum atomic E-state index is 0.547. The first-order valence-corrected chi connectivity index (χ1v) is 9.25. The van der Waals surface area contributed by atoms with Gasteiger partial charge in [-0.15, -0.1) is 0 Å². The fourth-order valence-electron chi connectivity index (χ4n) is 4.20. The zero-order valence-corrected chi connectivity index (χ0v) is 14.6. The maximum atomic E-state index is 5.06. The summed E-state index contributed by atoms with van der Waals surface area (Å²) in [5, 5.41) is 0. The van der Waals surface area contributed by atoms with Crippen molar-refractivity contribution in [3.8, 4) is 0 Å². The molecule has 1 aromatic rings. The molecule has 1 aliphatic carbocycles. The second kappa shape index (κ2) is 7.14. The van der Waals surface area contributed by atoms with Crippen LogP contribution in [-0.2, 0) is 19.9 Å². The van der Waals surface area contributed by atoms with Crippen LogP contribution < -0.4 is 0 Å². The van der Waals surface area contributed by atoms with Crippen LogP contribution in [0, 0.1) is 0 Å². The summed E-state index contributed by atoms with van der Waals surface area (Å²) >= 11 is 0. The lowest BCUT2D eigenvalue weighted by atomic mass is 10.0. The summed E-state index contributed by atoms with van der Waals surface area (Å²) in [7, 11) is 2.24. The number of nitrogens with zero attached hydrogens (tertiary/aromatic N) is 4. The van der Waals surface area contributed by atoms with Crippen LogP contribution in [0.5, 0.6) is 0 Å². The molecule has 1 saturated heterocycles. The molecule has 1 unspecified atom stereocenters. The molecule has 4 nitrogen and oxygen atoms in total. The highest BCUT2D eigenvalue weighted by molar-refractivity contribution is 5.22. The van der Waals surface area contributed by atoms with E-state index < -0.39 is 0 Å². The Balaban J connectivity index is 1.71. The summed E-state index contributed by atoms with van der Waals surface area (Å²) in [6.07, 6.45) is 7.67. The molecule has 2 aliphatic rings. The largest absolute Gasteiger partial charge is 0.334 e. The molecule has 0 saturated carbocycles. The van der Waals surface area contributed by atoms with Gasteiger partial charge in [-0.05, 0) is 58.2 Å². The maximum Gasteiger partial charge on any atom is 0.126 e. The molecule has 2 heterocycles. The van der Waals surface area contributed by atoms with Gasteiger partial charge in [-0.25, -0.2) is 4.98 Å². The molecule has 124 valence electrons. The van der Waals surface area contributed by atoms with Crippen LogP contribution in [-0.4, -0.2) is 52.1 Å². The van der Waals surface area contributed by atoms with Crippen molar-refractivity contribution in [1.82, 2.24) is 19.4 Å². The van der Waals surface area contributed by atoms with Gasteiger partial charge in [0.2, 0.25) is 0 Å². The van der Waals surface area contributed by atoms with Crippen LogP contribution in [0.4, 0.5) is 0 Å². The van der Waals surface area contributed by atoms with Gasteiger partial charge < -0.3 is 9.47 Å². The van der Waals surface area contributed by atoms with Gasteiger partial charge in [0, 0.05) is 25.8 Å². The van der Waals surface area contributed by atoms with Gasteiger partial charge in [-0.1, -0.05) is 13.8 Å². The number of likely N-dealkylation sites (N-methyl/N-ethyl adjacent to an activating group) is 1. The van der Waals surface area contributed by atoms with Crippen LogP contribution in [0.15, 0.2) is 0 Å². The standard InChI is InChI=1S/C18H32N4/c1-4-21(5-2)13-14-22-12-8-11-17(22)18-19-15-9-6-7-10-16(15)20(18)3/h17H,4-14H2,1-3H3. The quantitative estimate of drug-likeness (QED) is 0.808. The number of aromatic nitrogens is 2. The van der Waals surface area contributed by atoms with E-state index in [9.17, 15) is 0 Å². The molecular formula is C18H32N4. The van der Waals surface area contributed by atoms with Crippen molar-refractivity contribution in [1.29, 1.82) is 0 Å². The van der Waals surface area contributed by atoms with Crippen LogP contribution in [0.1, 0.15) is 62.8 Å². The fraction of sp³-hybridized carbons (Fsp3) is 0.833. The molecule has 0 radical (unpaired) electrons. The molecule has 0 spiro atoms. The molecule has 1 aliphatic heterocycles. The van der Waals surface area contributed by atoms with Gasteiger partial charge in [0.1, 0.15) is 5.82 Å². The molecule has 1 atom stereocenters. The number of rotatable bonds is 6. The molecular weight excluding hydrogens is 272 g/mol. The Morgan fingerprint density at radius 1 is 1.14 bits per heavy atom. The molecule has 22 heavy (non-hydrogen) atoms. The van der Waals surface area contributed by atoms with Crippen molar-refractivity contribution in [3.63, 3.8) is 0 Å². The monoisotopic (exact) mass is 304 g/mol. The van der Waals surface area contributed by atoms with E-state index in [2.05, 4.69) is 35.3 Å². The highest BCUT2D eigenvalue weighted by Gasteiger charge is 2.31. The molecule has 3 rings (SSSR count). The van der Waals surface area contributed by atoms with Gasteiger partial charge in [-0.2, -0.15) is 0 Å². The Morgan fingerprint density at radius 3 is 2.64 bits per heavy atom. The lowest BCUT2D eigenvalue weighted by Crippen LogP contribution is -2.35. The number of imidazole rings is 1. The summed E-state index contributed by atoms with van der Waals surface area (Å²) in [5.41, 5.74) is 2.90. The number of aryl methyl sites for hydroxylation is 1. The first-order chi connectivity index (χ1) is 10.7. The smallest absolute Gasteiger partial charge is 0.126 e. The van der Waals surface area contributed by atoms with Gasteiger partial charge in [0.05, 0.1) is 11.7 Å². The van der Waals surface area contributed by atoms with E-state index in [-0.39, 0.29) is 0 Å². The Kier molecular flexibility index (Phi) is 5.19. The van der Waals surface area contributed by atoms with E-state index >= 15 is 0 Å². The van der Waals surface area contributed by atoms with Gasteiger partial charge in [0.15, 0.2) is 0 Å². The predicted octanol–water partition coefficient (Wildman–Crippen LogP) is 2.78. The first kappa shape index (κ1) is 16.0. The third-order valence-electron chi connectivity index (χ3n) is 5.67. The molecule has 0 N–H and O–H groups in total. The summed E-state index contributed by atoms with van der Waals surface area (Å²) in [4.78, 5) is 10.3. The number of hydrogen-bond acceptors (Lipinski definition) is 3. The molecule has 0 aromatic carbocycles. The summed E-state index contributed by atoms with van der Waals surface area (Å²) in [5.74, 6) is 1.34. The SMILES string of the molecule is CCN(CC)CCN1CCCC1c1nc2c(n1C)CCCC2. The molecule has 1 aromatic heterocycles. The highest BCUT2D eigenvalue weighted by atomic mass is 15.3. The average molecular weight is 304 g/mol. The first-order valence-electron chi connectivity index (χ1n) is 9.25. The topological polar surface area (TPSA) is 24.3 Å². The number of fused-ring (bicyclic) bond motifs is 1. The van der Waals surface area contributed by atoms with Crippen molar-refractivity contribution < 1.29 is 0 Å². The van der Waals surface area contributed by atoms with Crippen molar-refractivity contribution in [2.45, 2.75) is 58.4 Å². The van der Waals surface area contributed by atoms with Crippen molar-refractivity contribution >= 4 is 0 Å². The molecule has 4 heteroatoms. The summed E-state index contributed by atoms with van der Waals surface area (Å²) in [6.45, 7) is 10.5. The predicted molar refractivity (Wildman–Crippen MR) is 91.2 cm³/mol. The van der Waals surface area contributed by atoms with Gasteiger partial charge in [-0.3, -0.25) is 4.90 Å². The van der Waals surface area contributed by atoms with Crippen molar-refractivity contribution in [3.05, 3.63) is 17.2 Å². The van der Waals surface area contributed by atoms with E-state index in [1.54, 1.807) is 0 Å². The lowest BCUT2D eigenvalue weighted by Gasteiger charge is -2.27. The Bertz CT molecular complexity index is 490. The van der Waals surface area contributed by atoms with Crippen LogP contribution in [0.25, 0.3) is 0 Å². The van der Waals surface area contributed by atoms with E-state index in [4.69, 9.17) is 4.98 Å². The van der Waals surface area contributed by atoms with Crippen molar-refractivity contribution in [2.24, 2.45) is 7.05 Å². The van der Waals surface area contributed by atoms with Crippen molar-refractivity contribution in [2.75, 3.05) is 32.7 Å². The van der Waals surface area contributed by atoms with Crippen LogP contribution in [0.3, 0.4) is 0 Å². The average Bonchev–Trinajstić information content (AvgIpc) is 3.13. The molecule has 1 fully saturated rings. The number of hydrogen-bond donors (Lipinski definition) is 0. The minimum Gasteiger partial charge on any atom is -0.334 e. The van der Waals surface area contributed by atoms with E-state index in [0.717, 1.165) is 13.1 Å². The Hall–Kier alpha value is -0.870. The third kappa shape index (κ3) is 3.09. The minimum absolute atomic E-state index is 0.547. The Morgan fingerprint density at radius 2 is 1.91 bits per heavy atom. The second-order valence-corrected chi connectivity index (χ2v) is 6.85. The third-order valence-corrected chi connectivity index (χ3v) is 5.67. The maximum absolute atomic E-state index is 5.06. The van der Waals surface area contributed by atoms with Gasteiger partial charge in [0.25, 0.3) is 0 Å².